The summed E-state index contributed by atoms with van der Waals surface area (Å²) in [5.74, 6) is -0.912. The Labute approximate surface area is 131 Å². The quantitative estimate of drug-likeness (QED) is 0.619. The van der Waals surface area contributed by atoms with Gasteiger partial charge in [0, 0.05) is 19.9 Å². The summed E-state index contributed by atoms with van der Waals surface area (Å²) >= 11 is 7.15. The Morgan fingerprint density at radius 1 is 0.700 bits per heavy atom. The van der Waals surface area contributed by atoms with Crippen LogP contribution in [0.5, 0.6) is 0 Å². The average Bonchev–Trinajstić information content (AvgIpc) is 2.63. The van der Waals surface area contributed by atoms with Gasteiger partial charge >= 0.3 is 0 Å². The lowest BCUT2D eigenvalue weighted by Gasteiger charge is -2.09. The maximum absolute atomic E-state index is 12.2. The summed E-state index contributed by atoms with van der Waals surface area (Å²) in [5, 5.41) is 1.88. The molecule has 0 atom stereocenters. The van der Waals surface area contributed by atoms with Crippen LogP contribution >= 0.6 is 31.9 Å². The maximum Gasteiger partial charge on any atom is 0.233 e. The summed E-state index contributed by atoms with van der Waals surface area (Å²) in [4.78, 5) is 24.0. The van der Waals surface area contributed by atoms with Gasteiger partial charge in [-0.15, -0.1) is 0 Å². The molecule has 0 N–H and O–H groups in total. The monoisotopic (exact) mass is 388 g/mol. The van der Waals surface area contributed by atoms with Crippen molar-refractivity contribution in [1.29, 1.82) is 0 Å². The minimum absolute atomic E-state index is 0.442. The maximum atomic E-state index is 12.2. The van der Waals surface area contributed by atoms with Crippen molar-refractivity contribution in [1.82, 2.24) is 0 Å². The highest BCUT2D eigenvalue weighted by Crippen LogP contribution is 2.49. The minimum atomic E-state index is -0.470. The zero-order valence-corrected chi connectivity index (χ0v) is 13.2. The number of halogens is 2. The molecule has 96 valence electrons. The van der Waals surface area contributed by atoms with Gasteiger partial charge in [-0.1, -0.05) is 24.3 Å². The molecule has 4 heteroatoms. The third-order valence-electron chi connectivity index (χ3n) is 3.74. The van der Waals surface area contributed by atoms with E-state index in [1.807, 2.05) is 18.2 Å². The summed E-state index contributed by atoms with van der Waals surface area (Å²) in [6, 6.07) is 7.58. The lowest BCUT2D eigenvalue weighted by molar-refractivity contribution is -0.110. The molecule has 0 radical (unpaired) electrons. The number of ketones is 2. The summed E-state index contributed by atoms with van der Waals surface area (Å²) in [7, 11) is 0. The van der Waals surface area contributed by atoms with Crippen LogP contribution in [-0.2, 0) is 4.79 Å². The largest absolute Gasteiger partial charge is 0.286 e. The van der Waals surface area contributed by atoms with E-state index in [9.17, 15) is 9.59 Å². The van der Waals surface area contributed by atoms with Crippen molar-refractivity contribution in [3.05, 3.63) is 52.6 Å². The molecule has 0 aliphatic heterocycles. The number of carbonyl (C=O) groups excluding carboxylic acids is 2. The van der Waals surface area contributed by atoms with E-state index in [1.54, 1.807) is 12.1 Å². The van der Waals surface area contributed by atoms with Crippen molar-refractivity contribution in [3.8, 4) is 0 Å². The second-order valence-corrected chi connectivity index (χ2v) is 6.35. The third kappa shape index (κ3) is 1.38. The van der Waals surface area contributed by atoms with E-state index in [-0.39, 0.29) is 0 Å². The van der Waals surface area contributed by atoms with Crippen LogP contribution in [0.25, 0.3) is 25.8 Å². The van der Waals surface area contributed by atoms with Crippen molar-refractivity contribution in [2.24, 2.45) is 0 Å². The Morgan fingerprint density at radius 3 is 2.00 bits per heavy atom. The van der Waals surface area contributed by atoms with Crippen LogP contribution in [0, 0.1) is 0 Å². The molecule has 2 nitrogen and oxygen atoms in total. The molecule has 0 fully saturated rings. The SMILES string of the molecule is O=C1C=Cc2ccc3c4c(ccc(c24)C1=O)C(Br)=C3Br. The zero-order valence-electron chi connectivity index (χ0n) is 10.0. The van der Waals surface area contributed by atoms with E-state index in [1.165, 1.54) is 6.08 Å². The molecule has 0 bridgehead atoms. The highest BCUT2D eigenvalue weighted by molar-refractivity contribution is 9.18. The zero-order chi connectivity index (χ0) is 14.0. The van der Waals surface area contributed by atoms with Crippen molar-refractivity contribution in [2.45, 2.75) is 0 Å². The predicted octanol–water partition coefficient (Wildman–Crippen LogP) is 4.55. The topological polar surface area (TPSA) is 34.1 Å². The fraction of sp³-hybridized carbons (Fsp3) is 0. The first-order valence-electron chi connectivity index (χ1n) is 6.02. The first-order chi connectivity index (χ1) is 9.59. The van der Waals surface area contributed by atoms with Gasteiger partial charge in [-0.25, -0.2) is 0 Å². The van der Waals surface area contributed by atoms with Crippen molar-refractivity contribution < 1.29 is 9.59 Å². The van der Waals surface area contributed by atoms with Crippen molar-refractivity contribution in [2.75, 3.05) is 0 Å². The van der Waals surface area contributed by atoms with Crippen molar-refractivity contribution in [3.63, 3.8) is 0 Å². The Bertz CT molecular complexity index is 886. The average molecular weight is 390 g/mol. The van der Waals surface area contributed by atoms with Crippen LogP contribution < -0.4 is 0 Å². The molecule has 20 heavy (non-hydrogen) atoms. The molecule has 0 saturated carbocycles. The third-order valence-corrected chi connectivity index (χ3v) is 5.92. The van der Waals surface area contributed by atoms with Gasteiger partial charge in [0.15, 0.2) is 0 Å². The second-order valence-electron chi connectivity index (χ2n) is 4.77. The number of carbonyl (C=O) groups is 2. The molecule has 0 unspecified atom stereocenters. The van der Waals surface area contributed by atoms with Gasteiger partial charge in [0.05, 0.1) is 0 Å². The number of allylic oxidation sites excluding steroid dienone is 1. The molecular formula is C16H6Br2O2. The van der Waals surface area contributed by atoms with Crippen LogP contribution in [0.1, 0.15) is 27.0 Å². The fourth-order valence-corrected chi connectivity index (χ4v) is 3.91. The molecule has 0 spiro atoms. The Morgan fingerprint density at radius 2 is 1.30 bits per heavy atom. The first kappa shape index (κ1) is 12.2. The smallest absolute Gasteiger partial charge is 0.233 e. The van der Waals surface area contributed by atoms with E-state index < -0.39 is 11.6 Å². The molecule has 0 amide bonds. The Balaban J connectivity index is 2.26. The van der Waals surface area contributed by atoms with Gasteiger partial charge in [-0.2, -0.15) is 0 Å². The van der Waals surface area contributed by atoms with E-state index in [4.69, 9.17) is 0 Å². The van der Waals surface area contributed by atoms with Crippen LogP contribution in [0.3, 0.4) is 0 Å². The standard InChI is InChI=1S/C16H6Br2O2/c17-14-8-3-1-7-2-6-11(19)16(20)10-5-4-9(15(14)18)13(8)12(7)10/h1-6H. The lowest BCUT2D eigenvalue weighted by Crippen LogP contribution is -2.10. The number of rotatable bonds is 0. The lowest BCUT2D eigenvalue weighted by atomic mass is 9.94. The number of hydrogen-bond acceptors (Lipinski definition) is 2. The predicted molar refractivity (Wildman–Crippen MR) is 87.0 cm³/mol. The van der Waals surface area contributed by atoms with E-state index in [0.29, 0.717) is 5.56 Å². The summed E-state index contributed by atoms with van der Waals surface area (Å²) in [6.07, 6.45) is 3.08. The molecule has 2 aromatic rings. The van der Waals surface area contributed by atoms with Gasteiger partial charge in [0.2, 0.25) is 11.6 Å². The van der Waals surface area contributed by atoms with Crippen LogP contribution in [0.2, 0.25) is 0 Å². The molecule has 0 aromatic heterocycles. The molecule has 0 saturated heterocycles. The second kappa shape index (κ2) is 3.99. The molecule has 4 rings (SSSR count). The van der Waals surface area contributed by atoms with Gasteiger partial charge in [0.25, 0.3) is 0 Å². The number of benzene rings is 2. The van der Waals surface area contributed by atoms with Gasteiger partial charge in [-0.3, -0.25) is 9.59 Å². The van der Waals surface area contributed by atoms with Gasteiger partial charge in [0.1, 0.15) is 0 Å². The van der Waals surface area contributed by atoms with Gasteiger partial charge < -0.3 is 0 Å². The van der Waals surface area contributed by atoms with Crippen LogP contribution in [0.15, 0.2) is 30.3 Å². The van der Waals surface area contributed by atoms with E-state index in [2.05, 4.69) is 31.9 Å². The number of hydrogen-bond donors (Lipinski definition) is 0. The van der Waals surface area contributed by atoms with Gasteiger partial charge in [-0.05, 0) is 66.1 Å². The molecule has 2 aromatic carbocycles. The van der Waals surface area contributed by atoms with Crippen molar-refractivity contribution >= 4 is 69.2 Å². The summed E-state index contributed by atoms with van der Waals surface area (Å²) in [6.45, 7) is 0. The highest BCUT2D eigenvalue weighted by atomic mass is 79.9. The number of Topliss-reactive ketones (excluding diaryl/α,β-unsaturated/α-hetero) is 1. The molecule has 2 aliphatic rings. The first-order valence-corrected chi connectivity index (χ1v) is 7.60. The Kier molecular flexibility index (Phi) is 2.44. The minimum Gasteiger partial charge on any atom is -0.286 e. The Hall–Kier alpha value is -1.52. The highest BCUT2D eigenvalue weighted by Gasteiger charge is 2.28. The summed E-state index contributed by atoms with van der Waals surface area (Å²) in [5.41, 5.74) is 3.48. The molecular weight excluding hydrogens is 384 g/mol. The fourth-order valence-electron chi connectivity index (χ4n) is 2.83. The molecule has 2 aliphatic carbocycles. The van der Waals surface area contributed by atoms with Crippen LogP contribution in [0.4, 0.5) is 0 Å². The van der Waals surface area contributed by atoms with Crippen LogP contribution in [-0.4, -0.2) is 11.6 Å². The van der Waals surface area contributed by atoms with E-state index >= 15 is 0 Å². The normalized spacial score (nSPS) is 16.3. The summed E-state index contributed by atoms with van der Waals surface area (Å²) < 4.78 is 1.95. The van der Waals surface area contributed by atoms with E-state index in [0.717, 1.165) is 36.4 Å². The molecule has 0 heterocycles.